The summed E-state index contributed by atoms with van der Waals surface area (Å²) in [5, 5.41) is 23.1. The van der Waals surface area contributed by atoms with Crippen molar-refractivity contribution < 1.29 is 5.11 Å². The summed E-state index contributed by atoms with van der Waals surface area (Å²) in [5.74, 6) is 0. The lowest BCUT2D eigenvalue weighted by molar-refractivity contribution is 0.191. The van der Waals surface area contributed by atoms with Gasteiger partial charge in [-0.15, -0.1) is 0 Å². The van der Waals surface area contributed by atoms with Crippen LogP contribution in [0.4, 0.5) is 5.69 Å². The molecular weight excluding hydrogens is 295 g/mol. The summed E-state index contributed by atoms with van der Waals surface area (Å²) in [7, 11) is 0. The summed E-state index contributed by atoms with van der Waals surface area (Å²) in [6.45, 7) is 0.288. The molecular formula is C15H12Cl2N2O. The molecule has 5 heteroatoms. The van der Waals surface area contributed by atoms with Crippen molar-refractivity contribution >= 4 is 28.9 Å². The molecule has 102 valence electrons. The minimum Gasteiger partial charge on any atom is -0.387 e. The molecule has 0 fully saturated rings. The number of halogens is 2. The summed E-state index contributed by atoms with van der Waals surface area (Å²) in [4.78, 5) is 0. The van der Waals surface area contributed by atoms with Crippen LogP contribution in [0.3, 0.4) is 0 Å². The molecule has 0 aliphatic carbocycles. The van der Waals surface area contributed by atoms with Crippen molar-refractivity contribution in [1.82, 2.24) is 0 Å². The first-order valence-corrected chi connectivity index (χ1v) is 6.73. The second-order valence-corrected chi connectivity index (χ2v) is 5.10. The zero-order chi connectivity index (χ0) is 14.5. The summed E-state index contributed by atoms with van der Waals surface area (Å²) in [6, 6.07) is 14.0. The fourth-order valence-electron chi connectivity index (χ4n) is 1.74. The number of nitrogens with one attached hydrogen (secondary N) is 1. The lowest BCUT2D eigenvalue weighted by Gasteiger charge is -2.14. The van der Waals surface area contributed by atoms with Crippen LogP contribution in [0, 0.1) is 11.3 Å². The minimum atomic E-state index is -0.686. The second kappa shape index (κ2) is 6.62. The Hall–Kier alpha value is -1.73. The average Bonchev–Trinajstić information content (AvgIpc) is 2.47. The van der Waals surface area contributed by atoms with E-state index in [2.05, 4.69) is 5.32 Å². The number of hydrogen-bond acceptors (Lipinski definition) is 3. The normalized spacial score (nSPS) is 11.7. The predicted octanol–water partition coefficient (Wildman–Crippen LogP) is 4.01. The number of aliphatic hydroxyl groups is 1. The second-order valence-electron chi connectivity index (χ2n) is 4.25. The van der Waals surface area contributed by atoms with E-state index in [1.165, 1.54) is 0 Å². The van der Waals surface area contributed by atoms with E-state index in [0.29, 0.717) is 21.3 Å². The first kappa shape index (κ1) is 14.7. The van der Waals surface area contributed by atoms with Crippen molar-refractivity contribution in [3.05, 3.63) is 63.6 Å². The van der Waals surface area contributed by atoms with Crippen molar-refractivity contribution in [2.75, 3.05) is 11.9 Å². The van der Waals surface area contributed by atoms with Crippen LogP contribution in [0.15, 0.2) is 42.5 Å². The molecule has 0 aliphatic heterocycles. The van der Waals surface area contributed by atoms with Crippen LogP contribution in [0.2, 0.25) is 10.0 Å². The van der Waals surface area contributed by atoms with Crippen molar-refractivity contribution in [2.24, 2.45) is 0 Å². The highest BCUT2D eigenvalue weighted by molar-refractivity contribution is 6.33. The van der Waals surface area contributed by atoms with Crippen molar-refractivity contribution in [2.45, 2.75) is 6.10 Å². The maximum Gasteiger partial charge on any atom is 0.0992 e. The Labute approximate surface area is 127 Å². The lowest BCUT2D eigenvalue weighted by atomic mass is 10.1. The Kier molecular flexibility index (Phi) is 4.86. The number of anilines is 1. The van der Waals surface area contributed by atoms with Crippen molar-refractivity contribution in [3.8, 4) is 6.07 Å². The summed E-state index contributed by atoms with van der Waals surface area (Å²) < 4.78 is 0. The molecule has 2 aromatic carbocycles. The molecule has 0 saturated carbocycles. The number of hydrogen-bond donors (Lipinski definition) is 2. The number of aliphatic hydroxyl groups excluding tert-OH is 1. The molecule has 0 aliphatic rings. The van der Waals surface area contributed by atoms with Crippen LogP contribution >= 0.6 is 23.2 Å². The maximum absolute atomic E-state index is 10.1. The fourth-order valence-corrected chi connectivity index (χ4v) is 2.05. The highest BCUT2D eigenvalue weighted by atomic mass is 35.5. The average molecular weight is 307 g/mol. The van der Waals surface area contributed by atoms with Gasteiger partial charge in [-0.1, -0.05) is 35.3 Å². The van der Waals surface area contributed by atoms with Gasteiger partial charge in [0.2, 0.25) is 0 Å². The Bertz CT molecular complexity index is 635. The zero-order valence-electron chi connectivity index (χ0n) is 10.5. The third kappa shape index (κ3) is 3.64. The first-order valence-electron chi connectivity index (χ1n) is 5.97. The van der Waals surface area contributed by atoms with Gasteiger partial charge in [-0.05, 0) is 35.9 Å². The summed E-state index contributed by atoms with van der Waals surface area (Å²) in [5.41, 5.74) is 1.89. The molecule has 0 saturated heterocycles. The summed E-state index contributed by atoms with van der Waals surface area (Å²) >= 11 is 11.8. The maximum atomic E-state index is 10.1. The van der Waals surface area contributed by atoms with Crippen LogP contribution < -0.4 is 5.32 Å². The first-order chi connectivity index (χ1) is 9.60. The van der Waals surface area contributed by atoms with Gasteiger partial charge in [0.05, 0.1) is 28.4 Å². The molecule has 1 unspecified atom stereocenters. The molecule has 20 heavy (non-hydrogen) atoms. The van der Waals surface area contributed by atoms with E-state index in [9.17, 15) is 5.11 Å². The zero-order valence-corrected chi connectivity index (χ0v) is 12.0. The van der Waals surface area contributed by atoms with Gasteiger partial charge in [-0.3, -0.25) is 0 Å². The molecule has 2 aromatic rings. The Morgan fingerprint density at radius 3 is 2.50 bits per heavy atom. The van der Waals surface area contributed by atoms with Gasteiger partial charge in [-0.25, -0.2) is 0 Å². The summed E-state index contributed by atoms with van der Waals surface area (Å²) in [6.07, 6.45) is -0.686. The highest BCUT2D eigenvalue weighted by Crippen LogP contribution is 2.24. The van der Waals surface area contributed by atoms with Gasteiger partial charge in [0.15, 0.2) is 0 Å². The third-order valence-corrected chi connectivity index (χ3v) is 3.42. The van der Waals surface area contributed by atoms with Gasteiger partial charge < -0.3 is 10.4 Å². The van der Waals surface area contributed by atoms with E-state index in [0.717, 1.165) is 5.56 Å². The van der Waals surface area contributed by atoms with E-state index in [4.69, 9.17) is 28.5 Å². The SMILES string of the molecule is N#Cc1ccc(Cl)c(NCC(O)c2ccc(Cl)cc2)c1. The van der Waals surface area contributed by atoms with Gasteiger partial charge in [0, 0.05) is 11.6 Å². The molecule has 0 amide bonds. The molecule has 0 aromatic heterocycles. The van der Waals surface area contributed by atoms with Crippen LogP contribution in [0.1, 0.15) is 17.2 Å². The molecule has 2 rings (SSSR count). The lowest BCUT2D eigenvalue weighted by Crippen LogP contribution is -2.12. The van der Waals surface area contributed by atoms with Gasteiger partial charge in [0.1, 0.15) is 0 Å². The Balaban J connectivity index is 2.05. The van der Waals surface area contributed by atoms with E-state index in [1.807, 2.05) is 6.07 Å². The molecule has 0 radical (unpaired) electrons. The van der Waals surface area contributed by atoms with E-state index < -0.39 is 6.10 Å². The highest BCUT2D eigenvalue weighted by Gasteiger charge is 2.09. The molecule has 0 heterocycles. The Morgan fingerprint density at radius 1 is 1.15 bits per heavy atom. The number of rotatable bonds is 4. The Morgan fingerprint density at radius 2 is 1.85 bits per heavy atom. The predicted molar refractivity (Wildman–Crippen MR) is 81.1 cm³/mol. The quantitative estimate of drug-likeness (QED) is 0.897. The standard InChI is InChI=1S/C15H12Cl2N2O/c16-12-4-2-11(3-5-12)15(20)9-19-14-7-10(8-18)1-6-13(14)17/h1-7,15,19-20H,9H2. The third-order valence-electron chi connectivity index (χ3n) is 2.84. The van der Waals surface area contributed by atoms with Gasteiger partial charge >= 0.3 is 0 Å². The largest absolute Gasteiger partial charge is 0.387 e. The molecule has 0 spiro atoms. The number of benzene rings is 2. The topological polar surface area (TPSA) is 56.0 Å². The number of nitrogens with zero attached hydrogens (tertiary/aromatic N) is 1. The van der Waals surface area contributed by atoms with Gasteiger partial charge in [-0.2, -0.15) is 5.26 Å². The van der Waals surface area contributed by atoms with Crippen molar-refractivity contribution in [1.29, 1.82) is 5.26 Å². The fraction of sp³-hybridized carbons (Fsp3) is 0.133. The van der Waals surface area contributed by atoms with Crippen LogP contribution in [0.25, 0.3) is 0 Å². The van der Waals surface area contributed by atoms with Crippen molar-refractivity contribution in [3.63, 3.8) is 0 Å². The van der Waals surface area contributed by atoms with Crippen LogP contribution in [-0.2, 0) is 0 Å². The minimum absolute atomic E-state index is 0.288. The van der Waals surface area contributed by atoms with Crippen LogP contribution in [0.5, 0.6) is 0 Å². The number of nitriles is 1. The van der Waals surface area contributed by atoms with E-state index in [-0.39, 0.29) is 6.54 Å². The van der Waals surface area contributed by atoms with Crippen LogP contribution in [-0.4, -0.2) is 11.7 Å². The molecule has 3 nitrogen and oxygen atoms in total. The molecule has 0 bridgehead atoms. The molecule has 2 N–H and O–H groups in total. The smallest absolute Gasteiger partial charge is 0.0992 e. The monoisotopic (exact) mass is 306 g/mol. The van der Waals surface area contributed by atoms with Gasteiger partial charge in [0.25, 0.3) is 0 Å². The van der Waals surface area contributed by atoms with E-state index in [1.54, 1.807) is 42.5 Å². The van der Waals surface area contributed by atoms with E-state index >= 15 is 0 Å². The molecule has 1 atom stereocenters.